The molecule has 4 aliphatic heterocycles. The zero-order valence-corrected chi connectivity index (χ0v) is 73.5. The molecule has 4 heterocycles. The van der Waals surface area contributed by atoms with Crippen molar-refractivity contribution >= 4 is 70.4 Å². The van der Waals surface area contributed by atoms with Crippen molar-refractivity contribution in [2.45, 2.75) is 124 Å². The SMILES string of the molecule is CO[Si](CCCN1CCC[Si](OC)(OC)OC(COCC(COCC2CN(CCC[Si](OC)(OC)OC)CCC[Si](OC)(OC)O2)(COCC2CN(CCC[Si](OC)(OC)OC)CCC[Si](OC)(OC)O2)COCC2CN(CCC[Si](OC)(OC)OC)CCC[Si](OC)(OC)O2)C1)(OC)OC. The van der Waals surface area contributed by atoms with Crippen LogP contribution >= 0.6 is 0 Å². The van der Waals surface area contributed by atoms with Gasteiger partial charge < -0.3 is 145 Å². The summed E-state index contributed by atoms with van der Waals surface area (Å²) in [5.41, 5.74) is -1.03. The maximum absolute atomic E-state index is 7.13. The summed E-state index contributed by atoms with van der Waals surface area (Å²) in [6, 6.07) is 5.03. The molecular weight excluding hydrogens is 1460 g/mol. The van der Waals surface area contributed by atoms with E-state index in [-0.39, 0.29) is 52.9 Å². The molecular formula is C61H136N4O28Si8. The fourth-order valence-electron chi connectivity index (χ4n) is 13.9. The van der Waals surface area contributed by atoms with Gasteiger partial charge >= 0.3 is 70.4 Å². The number of rotatable bonds is 52. The standard InChI is InChI=1S/C61H136N4O28Si8/c1-66-94(67-2,68-3)37-21-29-62-33-25-41-98(78-13,79-14)90-57(45-62)49-86-53-61(54-87-50-58-46-63(30-22-38-95(69-4,70-5)71-6)34-26-42-99(80-15,81-16)91-58,55-88-51-59-47-64(31-23-39-96(72-7,73-8)74-9)35-27-43-100(82-17,83-18)92-59)56-89-52-60-48-65(32-24-40-97(75-10,76-11)77-12)36-28-44-101(84-19,85-20)93-60/h57-60H,21-56H2,1-20H3. The third-order valence-corrected chi connectivity index (χ3v) is 42.9. The topological polar surface area (TPSA) is 271 Å². The number of hydrogen-bond donors (Lipinski definition) is 0. The van der Waals surface area contributed by atoms with E-state index >= 15 is 0 Å². The lowest BCUT2D eigenvalue weighted by Gasteiger charge is -2.40. The van der Waals surface area contributed by atoms with E-state index in [0.717, 1.165) is 104 Å². The van der Waals surface area contributed by atoms with Crippen LogP contribution in [-0.2, 0) is 125 Å². The molecule has 0 N–H and O–H groups in total. The molecule has 0 aromatic carbocycles. The third-order valence-electron chi connectivity index (χ3n) is 20.0. The van der Waals surface area contributed by atoms with Crippen molar-refractivity contribution in [3.8, 4) is 0 Å². The van der Waals surface area contributed by atoms with Crippen LogP contribution in [-0.4, -0.2) is 388 Å². The normalized spacial score (nSPS) is 23.6. The summed E-state index contributed by atoms with van der Waals surface area (Å²) in [6.45, 7) is 9.25. The first-order chi connectivity index (χ1) is 48.7. The Morgan fingerprint density at radius 2 is 0.465 bits per heavy atom. The molecule has 0 bridgehead atoms. The Kier molecular flexibility index (Phi) is 45.5. The maximum Gasteiger partial charge on any atom is 0.500 e. The van der Waals surface area contributed by atoms with Gasteiger partial charge in [0.15, 0.2) is 0 Å². The van der Waals surface area contributed by atoms with Crippen molar-refractivity contribution in [3.05, 3.63) is 0 Å². The Bertz CT molecular complexity index is 1810. The summed E-state index contributed by atoms with van der Waals surface area (Å²) in [5, 5.41) is 0. The molecule has 0 aromatic heterocycles. The molecule has 4 rings (SSSR count). The average Bonchev–Trinajstić information content (AvgIpc) is 0.852. The molecule has 40 heteroatoms. The van der Waals surface area contributed by atoms with Gasteiger partial charge in [-0.05, 0) is 104 Å². The molecule has 4 saturated heterocycles. The van der Waals surface area contributed by atoms with Crippen molar-refractivity contribution in [2.24, 2.45) is 5.41 Å². The molecule has 4 atom stereocenters. The van der Waals surface area contributed by atoms with E-state index in [0.29, 0.717) is 74.5 Å². The number of nitrogens with zero attached hydrogens (tertiary/aromatic N) is 4. The van der Waals surface area contributed by atoms with Gasteiger partial charge in [-0.3, -0.25) is 0 Å². The summed E-state index contributed by atoms with van der Waals surface area (Å²) >= 11 is 0. The lowest BCUT2D eigenvalue weighted by Crippen LogP contribution is -2.54. The molecule has 101 heavy (non-hydrogen) atoms. The van der Waals surface area contributed by atoms with Crippen LogP contribution in [0.15, 0.2) is 0 Å². The molecule has 32 nitrogen and oxygen atoms in total. The first kappa shape index (κ1) is 93.8. The zero-order chi connectivity index (χ0) is 74.4. The minimum Gasteiger partial charge on any atom is -0.378 e. The quantitative estimate of drug-likeness (QED) is 0.0763. The van der Waals surface area contributed by atoms with Gasteiger partial charge in [0.05, 0.1) is 82.7 Å². The second-order valence-corrected chi connectivity index (χ2v) is 50.1. The summed E-state index contributed by atoms with van der Waals surface area (Å²) in [7, 11) is 9.03. The van der Waals surface area contributed by atoms with Gasteiger partial charge in [0.25, 0.3) is 0 Å². The Labute approximate surface area is 615 Å². The zero-order valence-electron chi connectivity index (χ0n) is 65.5. The summed E-state index contributed by atoms with van der Waals surface area (Å²) in [4.78, 5) is 9.58. The van der Waals surface area contributed by atoms with Crippen molar-refractivity contribution in [1.29, 1.82) is 0 Å². The average molecular weight is 1600 g/mol. The second-order valence-electron chi connectivity index (χ2n) is 26.1. The molecule has 600 valence electrons. The fraction of sp³-hybridized carbons (Fsp3) is 1.00. The van der Waals surface area contributed by atoms with E-state index in [1.807, 2.05) is 0 Å². The van der Waals surface area contributed by atoms with E-state index in [1.165, 1.54) is 0 Å². The van der Waals surface area contributed by atoms with E-state index in [4.69, 9.17) is 125 Å². The van der Waals surface area contributed by atoms with Gasteiger partial charge in [0.1, 0.15) is 0 Å². The van der Waals surface area contributed by atoms with Crippen LogP contribution in [0, 0.1) is 5.41 Å². The van der Waals surface area contributed by atoms with E-state index < -0.39 is 100 Å². The van der Waals surface area contributed by atoms with Crippen LogP contribution in [0.25, 0.3) is 0 Å². The third kappa shape index (κ3) is 29.9. The highest BCUT2D eigenvalue weighted by Gasteiger charge is 2.49. The van der Waals surface area contributed by atoms with Gasteiger partial charge in [-0.2, -0.15) is 0 Å². The van der Waals surface area contributed by atoms with Crippen LogP contribution in [0.2, 0.25) is 48.4 Å². The lowest BCUT2D eigenvalue weighted by atomic mass is 9.92. The molecule has 0 radical (unpaired) electrons. The van der Waals surface area contributed by atoms with Crippen LogP contribution < -0.4 is 0 Å². The van der Waals surface area contributed by atoms with Crippen LogP contribution in [0.5, 0.6) is 0 Å². The largest absolute Gasteiger partial charge is 0.500 e. The van der Waals surface area contributed by atoms with Crippen LogP contribution in [0.1, 0.15) is 51.4 Å². The van der Waals surface area contributed by atoms with E-state index in [2.05, 4.69) is 19.6 Å². The summed E-state index contributed by atoms with van der Waals surface area (Å²) < 4.78 is 176. The molecule has 0 spiro atoms. The fourth-order valence-corrected chi connectivity index (χ4v) is 29.2. The lowest BCUT2D eigenvalue weighted by molar-refractivity contribution is -0.138. The van der Waals surface area contributed by atoms with Crippen LogP contribution in [0.3, 0.4) is 0 Å². The first-order valence-electron chi connectivity index (χ1n) is 35.6. The highest BCUT2D eigenvalue weighted by Crippen LogP contribution is 2.31. The first-order valence-corrected chi connectivity index (χ1v) is 51.1. The molecule has 0 amide bonds. The van der Waals surface area contributed by atoms with Crippen LogP contribution in [0.4, 0.5) is 0 Å². The maximum atomic E-state index is 7.13. The van der Waals surface area contributed by atoms with Gasteiger partial charge in [0, 0.05) is 217 Å². The highest BCUT2D eigenvalue weighted by atomic mass is 28.4. The predicted octanol–water partition coefficient (Wildman–Crippen LogP) is 4.40. The Hall–Kier alpha value is 0.455. The van der Waals surface area contributed by atoms with Gasteiger partial charge in [-0.15, -0.1) is 0 Å². The highest BCUT2D eigenvalue weighted by molar-refractivity contribution is 6.63. The molecule has 4 aliphatic rings. The van der Waals surface area contributed by atoms with Crippen molar-refractivity contribution in [3.63, 3.8) is 0 Å². The van der Waals surface area contributed by atoms with Gasteiger partial charge in [-0.25, -0.2) is 0 Å². The van der Waals surface area contributed by atoms with Crippen molar-refractivity contribution in [2.75, 3.05) is 274 Å². The summed E-state index contributed by atoms with van der Waals surface area (Å²) in [5.74, 6) is 0. The van der Waals surface area contributed by atoms with E-state index in [9.17, 15) is 0 Å². The molecule has 4 unspecified atom stereocenters. The Morgan fingerprint density at radius 3 is 0.624 bits per heavy atom. The molecule has 0 saturated carbocycles. The van der Waals surface area contributed by atoms with Gasteiger partial charge in [-0.1, -0.05) is 0 Å². The molecule has 4 fully saturated rings. The smallest absolute Gasteiger partial charge is 0.378 e. The molecule has 0 aliphatic carbocycles. The van der Waals surface area contributed by atoms with Crippen molar-refractivity contribution in [1.82, 2.24) is 19.6 Å². The minimum absolute atomic E-state index is 0.0921. The summed E-state index contributed by atoms with van der Waals surface area (Å²) in [6.07, 6.45) is 4.45. The minimum atomic E-state index is -3.16. The Morgan fingerprint density at radius 1 is 0.287 bits per heavy atom. The van der Waals surface area contributed by atoms with Gasteiger partial charge in [0.2, 0.25) is 0 Å². The van der Waals surface area contributed by atoms with E-state index in [1.54, 1.807) is 142 Å². The number of hydrogen-bond acceptors (Lipinski definition) is 32. The Balaban J connectivity index is 1.85. The second kappa shape index (κ2) is 49.0. The number of ether oxygens (including phenoxy) is 4. The van der Waals surface area contributed by atoms with Crippen molar-refractivity contribution < 1.29 is 125 Å². The molecule has 0 aromatic rings. The monoisotopic (exact) mass is 1600 g/mol. The predicted molar refractivity (Wildman–Crippen MR) is 393 cm³/mol.